The van der Waals surface area contributed by atoms with Crippen molar-refractivity contribution in [3.63, 3.8) is 0 Å². The number of hydrogen-bond acceptors (Lipinski definition) is 3. The van der Waals surface area contributed by atoms with Gasteiger partial charge >= 0.3 is 5.97 Å². The quantitative estimate of drug-likeness (QED) is 0.852. The molecule has 0 aliphatic carbocycles. The fourth-order valence-electron chi connectivity index (χ4n) is 2.49. The number of carboxylic acid groups (broad SMARTS) is 1. The second kappa shape index (κ2) is 5.31. The summed E-state index contributed by atoms with van der Waals surface area (Å²) in [6.07, 6.45) is 4.22. The highest BCUT2D eigenvalue weighted by Gasteiger charge is 2.22. The van der Waals surface area contributed by atoms with E-state index in [0.29, 0.717) is 12.3 Å². The number of rotatable bonds is 4. The molecule has 0 amide bonds. The molecule has 5 heteroatoms. The average molecular weight is 237 g/mol. The molecule has 1 aromatic rings. The Morgan fingerprint density at radius 3 is 3.12 bits per heavy atom. The third-order valence-electron chi connectivity index (χ3n) is 3.37. The Bertz CT molecular complexity index is 389. The fourth-order valence-corrected chi connectivity index (χ4v) is 2.49. The highest BCUT2D eigenvalue weighted by atomic mass is 16.4. The summed E-state index contributed by atoms with van der Waals surface area (Å²) in [5.41, 5.74) is 1.18. The Balaban J connectivity index is 1.89. The molecular formula is C12H19N3O2. The van der Waals surface area contributed by atoms with Gasteiger partial charge in [-0.3, -0.25) is 14.4 Å². The van der Waals surface area contributed by atoms with Crippen LogP contribution in [0.3, 0.4) is 0 Å². The van der Waals surface area contributed by atoms with Crippen LogP contribution in [0.25, 0.3) is 0 Å². The predicted octanol–water partition coefficient (Wildman–Crippen LogP) is 1.11. The summed E-state index contributed by atoms with van der Waals surface area (Å²) in [4.78, 5) is 13.0. The lowest BCUT2D eigenvalue weighted by Crippen LogP contribution is -2.36. The van der Waals surface area contributed by atoms with Crippen LogP contribution in [0.5, 0.6) is 0 Å². The Morgan fingerprint density at radius 2 is 2.47 bits per heavy atom. The Hall–Kier alpha value is -1.36. The second-order valence-corrected chi connectivity index (χ2v) is 4.79. The minimum absolute atomic E-state index is 0.294. The van der Waals surface area contributed by atoms with Crippen LogP contribution in [-0.2, 0) is 18.4 Å². The number of carboxylic acids is 1. The summed E-state index contributed by atoms with van der Waals surface area (Å²) >= 11 is 0. The van der Waals surface area contributed by atoms with Crippen molar-refractivity contribution >= 4 is 5.97 Å². The molecule has 0 saturated carbocycles. The van der Waals surface area contributed by atoms with Gasteiger partial charge in [-0.25, -0.2) is 0 Å². The summed E-state index contributed by atoms with van der Waals surface area (Å²) in [5, 5.41) is 13.0. The van der Waals surface area contributed by atoms with Crippen molar-refractivity contribution < 1.29 is 9.90 Å². The van der Waals surface area contributed by atoms with Gasteiger partial charge in [-0.15, -0.1) is 0 Å². The molecule has 2 heterocycles. The first-order valence-electron chi connectivity index (χ1n) is 6.06. The van der Waals surface area contributed by atoms with Crippen molar-refractivity contribution in [3.8, 4) is 0 Å². The number of carbonyl (C=O) groups is 1. The molecule has 94 valence electrons. The van der Waals surface area contributed by atoms with Crippen molar-refractivity contribution in [2.24, 2.45) is 13.0 Å². The first-order valence-corrected chi connectivity index (χ1v) is 6.06. The predicted molar refractivity (Wildman–Crippen MR) is 63.5 cm³/mol. The number of aromatic nitrogens is 2. The van der Waals surface area contributed by atoms with Crippen molar-refractivity contribution in [2.75, 3.05) is 13.1 Å². The summed E-state index contributed by atoms with van der Waals surface area (Å²) < 4.78 is 1.88. The molecule has 1 aromatic heterocycles. The topological polar surface area (TPSA) is 58.4 Å². The van der Waals surface area contributed by atoms with Gasteiger partial charge in [0.25, 0.3) is 0 Å². The third-order valence-corrected chi connectivity index (χ3v) is 3.37. The first kappa shape index (κ1) is 12.1. The monoisotopic (exact) mass is 237 g/mol. The van der Waals surface area contributed by atoms with Crippen LogP contribution in [0.1, 0.15) is 25.0 Å². The summed E-state index contributed by atoms with van der Waals surface area (Å²) in [6, 6.07) is 2.01. The molecule has 0 bridgehead atoms. The normalized spacial score (nSPS) is 21.6. The van der Waals surface area contributed by atoms with Gasteiger partial charge in [0, 0.05) is 32.8 Å². The number of aliphatic carboxylic acids is 1. The van der Waals surface area contributed by atoms with Crippen molar-refractivity contribution in [1.82, 2.24) is 14.7 Å². The molecule has 1 aliphatic heterocycles. The molecule has 1 unspecified atom stereocenters. The maximum atomic E-state index is 10.7. The van der Waals surface area contributed by atoms with E-state index >= 15 is 0 Å². The van der Waals surface area contributed by atoms with E-state index in [9.17, 15) is 4.79 Å². The van der Waals surface area contributed by atoms with Gasteiger partial charge in [0.1, 0.15) is 0 Å². The van der Waals surface area contributed by atoms with Crippen LogP contribution >= 0.6 is 0 Å². The van der Waals surface area contributed by atoms with Gasteiger partial charge in [0.05, 0.1) is 5.69 Å². The largest absolute Gasteiger partial charge is 0.481 e. The number of nitrogens with zero attached hydrogens (tertiary/aromatic N) is 3. The van der Waals surface area contributed by atoms with Gasteiger partial charge in [-0.05, 0) is 31.4 Å². The molecule has 5 nitrogen and oxygen atoms in total. The number of aryl methyl sites for hydroxylation is 1. The van der Waals surface area contributed by atoms with Crippen LogP contribution in [0.15, 0.2) is 12.3 Å². The summed E-state index contributed by atoms with van der Waals surface area (Å²) in [6.45, 7) is 2.81. The van der Waals surface area contributed by atoms with Crippen molar-refractivity contribution in [1.29, 1.82) is 0 Å². The molecule has 0 radical (unpaired) electrons. The zero-order valence-corrected chi connectivity index (χ0v) is 10.2. The van der Waals surface area contributed by atoms with Crippen molar-refractivity contribution in [3.05, 3.63) is 18.0 Å². The van der Waals surface area contributed by atoms with E-state index in [1.165, 1.54) is 5.69 Å². The SMILES string of the molecule is Cn1nccc1CN1CCCC(CC(=O)O)C1. The summed E-state index contributed by atoms with van der Waals surface area (Å²) in [5.74, 6) is -0.383. The minimum atomic E-state index is -0.683. The lowest BCUT2D eigenvalue weighted by atomic mass is 9.95. The average Bonchev–Trinajstić information content (AvgIpc) is 2.64. The maximum Gasteiger partial charge on any atom is 0.303 e. The Labute approximate surface area is 101 Å². The van der Waals surface area contributed by atoms with Gasteiger partial charge in [0.2, 0.25) is 0 Å². The number of likely N-dealkylation sites (tertiary alicyclic amines) is 1. The van der Waals surface area contributed by atoms with Crippen LogP contribution in [0.2, 0.25) is 0 Å². The number of hydrogen-bond donors (Lipinski definition) is 1. The molecule has 17 heavy (non-hydrogen) atoms. The van der Waals surface area contributed by atoms with Gasteiger partial charge in [0.15, 0.2) is 0 Å². The minimum Gasteiger partial charge on any atom is -0.481 e. The van der Waals surface area contributed by atoms with E-state index in [1.54, 1.807) is 6.20 Å². The molecule has 1 saturated heterocycles. The van der Waals surface area contributed by atoms with E-state index in [1.807, 2.05) is 17.8 Å². The molecule has 1 N–H and O–H groups in total. The van der Waals surface area contributed by atoms with Gasteiger partial charge < -0.3 is 5.11 Å². The van der Waals surface area contributed by atoms with E-state index in [0.717, 1.165) is 32.5 Å². The summed E-state index contributed by atoms with van der Waals surface area (Å²) in [7, 11) is 1.94. The smallest absolute Gasteiger partial charge is 0.303 e. The molecule has 2 rings (SSSR count). The molecule has 0 spiro atoms. The van der Waals surface area contributed by atoms with E-state index in [2.05, 4.69) is 10.00 Å². The standard InChI is InChI=1S/C12H19N3O2/c1-14-11(4-5-13-14)9-15-6-2-3-10(8-15)7-12(16)17/h4-5,10H,2-3,6-9H2,1H3,(H,16,17). The number of piperidine rings is 1. The van der Waals surface area contributed by atoms with Gasteiger partial charge in [-0.2, -0.15) is 5.10 Å². The molecule has 1 aliphatic rings. The van der Waals surface area contributed by atoms with E-state index < -0.39 is 5.97 Å². The second-order valence-electron chi connectivity index (χ2n) is 4.79. The highest BCUT2D eigenvalue weighted by molar-refractivity contribution is 5.67. The molecular weight excluding hydrogens is 218 g/mol. The first-order chi connectivity index (χ1) is 8.15. The van der Waals surface area contributed by atoms with E-state index in [4.69, 9.17) is 5.11 Å². The van der Waals surface area contributed by atoms with Crippen LogP contribution in [-0.4, -0.2) is 38.8 Å². The molecule has 0 aromatic carbocycles. The third kappa shape index (κ3) is 3.30. The van der Waals surface area contributed by atoms with Gasteiger partial charge in [-0.1, -0.05) is 0 Å². The molecule has 1 atom stereocenters. The highest BCUT2D eigenvalue weighted by Crippen LogP contribution is 2.20. The zero-order chi connectivity index (χ0) is 12.3. The van der Waals surface area contributed by atoms with Crippen LogP contribution < -0.4 is 0 Å². The maximum absolute atomic E-state index is 10.7. The Morgan fingerprint density at radius 1 is 1.65 bits per heavy atom. The van der Waals surface area contributed by atoms with Crippen LogP contribution in [0.4, 0.5) is 0 Å². The lowest BCUT2D eigenvalue weighted by Gasteiger charge is -2.31. The van der Waals surface area contributed by atoms with E-state index in [-0.39, 0.29) is 0 Å². The van der Waals surface area contributed by atoms with Crippen molar-refractivity contribution in [2.45, 2.75) is 25.8 Å². The Kier molecular flexibility index (Phi) is 3.78. The lowest BCUT2D eigenvalue weighted by molar-refractivity contribution is -0.138. The fraction of sp³-hybridized carbons (Fsp3) is 0.667. The zero-order valence-electron chi connectivity index (χ0n) is 10.2. The van der Waals surface area contributed by atoms with Crippen LogP contribution in [0, 0.1) is 5.92 Å². The molecule has 1 fully saturated rings.